The van der Waals surface area contributed by atoms with E-state index in [-0.39, 0.29) is 23.8 Å². The number of hydrogen-bond donors (Lipinski definition) is 1. The van der Waals surface area contributed by atoms with E-state index in [4.69, 9.17) is 9.15 Å². The van der Waals surface area contributed by atoms with Crippen LogP contribution in [0.1, 0.15) is 21.9 Å². The van der Waals surface area contributed by atoms with Gasteiger partial charge in [0, 0.05) is 0 Å². The van der Waals surface area contributed by atoms with E-state index < -0.39 is 17.9 Å². The van der Waals surface area contributed by atoms with Gasteiger partial charge in [-0.25, -0.2) is 9.59 Å². The lowest BCUT2D eigenvalue weighted by Gasteiger charge is -2.09. The van der Waals surface area contributed by atoms with Gasteiger partial charge in [-0.1, -0.05) is 24.8 Å². The number of benzene rings is 1. The van der Waals surface area contributed by atoms with E-state index in [0.29, 0.717) is 17.9 Å². The predicted octanol–water partition coefficient (Wildman–Crippen LogP) is 2.72. The molecule has 8 nitrogen and oxygen atoms in total. The van der Waals surface area contributed by atoms with Crippen molar-refractivity contribution < 1.29 is 28.3 Å². The molecule has 1 aliphatic rings. The Hall–Kier alpha value is -3.81. The predicted molar refractivity (Wildman–Crippen MR) is 99.2 cm³/mol. The first-order valence-electron chi connectivity index (χ1n) is 8.37. The molecule has 1 N–H and O–H groups in total. The van der Waals surface area contributed by atoms with Crippen molar-refractivity contribution in [1.82, 2.24) is 10.2 Å². The molecule has 144 valence electrons. The van der Waals surface area contributed by atoms with E-state index in [0.717, 1.165) is 4.90 Å². The third-order valence-electron chi connectivity index (χ3n) is 3.86. The molecule has 0 bridgehead atoms. The van der Waals surface area contributed by atoms with Crippen LogP contribution in [0.4, 0.5) is 4.79 Å². The largest absolute Gasteiger partial charge is 0.490 e. The van der Waals surface area contributed by atoms with Crippen LogP contribution in [0.5, 0.6) is 5.75 Å². The number of hydrogen-bond acceptors (Lipinski definition) is 6. The Morgan fingerprint density at radius 1 is 1.29 bits per heavy atom. The smallest absolute Gasteiger partial charge is 0.373 e. The number of ether oxygens (including phenoxy) is 2. The van der Waals surface area contributed by atoms with Crippen molar-refractivity contribution in [3.63, 3.8) is 0 Å². The van der Waals surface area contributed by atoms with Crippen molar-refractivity contribution in [3.8, 4) is 5.75 Å². The van der Waals surface area contributed by atoms with E-state index in [1.165, 1.54) is 19.2 Å². The summed E-state index contributed by atoms with van der Waals surface area (Å²) < 4.78 is 15.3. The molecule has 1 aromatic heterocycles. The first-order chi connectivity index (χ1) is 13.5. The number of furan rings is 1. The number of carbonyl (C=O) groups excluding carboxylic acids is 3. The van der Waals surface area contributed by atoms with Crippen molar-refractivity contribution in [2.45, 2.75) is 6.54 Å². The third-order valence-corrected chi connectivity index (χ3v) is 3.86. The number of methoxy groups -OCH3 is 1. The monoisotopic (exact) mass is 382 g/mol. The second-order valence-electron chi connectivity index (χ2n) is 5.81. The lowest BCUT2D eigenvalue weighted by Crippen LogP contribution is -2.30. The molecule has 2 aromatic rings. The molecule has 0 saturated carbocycles. The Balaban J connectivity index is 1.74. The van der Waals surface area contributed by atoms with Crippen LogP contribution >= 0.6 is 0 Å². The molecule has 1 aliphatic heterocycles. The molecule has 28 heavy (non-hydrogen) atoms. The van der Waals surface area contributed by atoms with E-state index in [9.17, 15) is 14.4 Å². The molecule has 0 aliphatic carbocycles. The van der Waals surface area contributed by atoms with Crippen LogP contribution in [0, 0.1) is 0 Å². The minimum atomic E-state index is -0.636. The first-order valence-corrected chi connectivity index (χ1v) is 8.37. The first kappa shape index (κ1) is 19.0. The highest BCUT2D eigenvalue weighted by Gasteiger charge is 2.34. The summed E-state index contributed by atoms with van der Waals surface area (Å²) in [5.41, 5.74) is 0.823. The van der Waals surface area contributed by atoms with Crippen LogP contribution in [0.15, 0.2) is 59.2 Å². The molecule has 0 unspecified atom stereocenters. The molecule has 3 rings (SSSR count). The van der Waals surface area contributed by atoms with E-state index in [2.05, 4.69) is 16.6 Å². The highest BCUT2D eigenvalue weighted by molar-refractivity contribution is 6.13. The summed E-state index contributed by atoms with van der Waals surface area (Å²) in [6.45, 7) is 3.84. The Morgan fingerprint density at radius 2 is 2.11 bits per heavy atom. The van der Waals surface area contributed by atoms with E-state index in [1.54, 1.807) is 36.4 Å². The average Bonchev–Trinajstić information content (AvgIpc) is 3.27. The van der Waals surface area contributed by atoms with Gasteiger partial charge in [-0.15, -0.1) is 0 Å². The van der Waals surface area contributed by atoms with Crippen molar-refractivity contribution in [1.29, 1.82) is 0 Å². The van der Waals surface area contributed by atoms with Crippen LogP contribution in [-0.4, -0.2) is 36.5 Å². The Kier molecular flexibility index (Phi) is 5.59. The molecule has 1 saturated heterocycles. The lowest BCUT2D eigenvalue weighted by molar-refractivity contribution is -0.123. The summed E-state index contributed by atoms with van der Waals surface area (Å²) in [6, 6.07) is 9.44. The van der Waals surface area contributed by atoms with Crippen LogP contribution in [0.2, 0.25) is 0 Å². The molecule has 0 radical (unpaired) electrons. The average molecular weight is 382 g/mol. The zero-order valence-electron chi connectivity index (χ0n) is 15.1. The quantitative estimate of drug-likeness (QED) is 0.342. The van der Waals surface area contributed by atoms with Gasteiger partial charge in [-0.05, 0) is 35.9 Å². The number of urea groups is 1. The normalized spacial score (nSPS) is 14.9. The molecular weight excluding hydrogens is 364 g/mol. The third kappa shape index (κ3) is 4.12. The number of esters is 1. The van der Waals surface area contributed by atoms with E-state index >= 15 is 0 Å². The van der Waals surface area contributed by atoms with Crippen LogP contribution in [0.3, 0.4) is 0 Å². The maximum absolute atomic E-state index is 12.6. The zero-order chi connectivity index (χ0) is 20.1. The highest BCUT2D eigenvalue weighted by Crippen LogP contribution is 2.20. The van der Waals surface area contributed by atoms with Gasteiger partial charge in [-0.3, -0.25) is 9.69 Å². The SMILES string of the molecule is C=CCOc1cccc(/C=C2\NC(=O)N(Cc3ccc(C(=O)OC)o3)C2=O)c1. The fraction of sp³-hybridized carbons (Fsp3) is 0.150. The molecule has 8 heteroatoms. The maximum atomic E-state index is 12.6. The van der Waals surface area contributed by atoms with Gasteiger partial charge in [-0.2, -0.15) is 0 Å². The molecule has 3 amide bonds. The lowest BCUT2D eigenvalue weighted by atomic mass is 10.2. The van der Waals surface area contributed by atoms with Crippen LogP contribution in [-0.2, 0) is 16.1 Å². The fourth-order valence-corrected chi connectivity index (χ4v) is 2.56. The van der Waals surface area contributed by atoms with Crippen LogP contribution < -0.4 is 10.1 Å². The number of amides is 3. The van der Waals surface area contributed by atoms with Gasteiger partial charge >= 0.3 is 12.0 Å². The minimum Gasteiger partial charge on any atom is -0.490 e. The molecule has 1 fully saturated rings. The second kappa shape index (κ2) is 8.26. The molecule has 0 atom stereocenters. The van der Waals surface area contributed by atoms with Crippen molar-refractivity contribution >= 4 is 24.0 Å². The molecule has 1 aromatic carbocycles. The van der Waals surface area contributed by atoms with Gasteiger partial charge in [0.05, 0.1) is 13.7 Å². The van der Waals surface area contributed by atoms with Gasteiger partial charge in [0.1, 0.15) is 23.8 Å². The van der Waals surface area contributed by atoms with Crippen molar-refractivity contribution in [2.75, 3.05) is 13.7 Å². The molecular formula is C20H18N2O6. The van der Waals surface area contributed by atoms with Crippen molar-refractivity contribution in [2.24, 2.45) is 0 Å². The maximum Gasteiger partial charge on any atom is 0.373 e. The van der Waals surface area contributed by atoms with Crippen molar-refractivity contribution in [3.05, 3.63) is 71.8 Å². The van der Waals surface area contributed by atoms with Gasteiger partial charge < -0.3 is 19.2 Å². The summed E-state index contributed by atoms with van der Waals surface area (Å²) >= 11 is 0. The van der Waals surface area contributed by atoms with Gasteiger partial charge in [0.2, 0.25) is 5.76 Å². The zero-order valence-corrected chi connectivity index (χ0v) is 15.1. The topological polar surface area (TPSA) is 98.1 Å². The Bertz CT molecular complexity index is 959. The number of nitrogens with one attached hydrogen (secondary N) is 1. The summed E-state index contributed by atoms with van der Waals surface area (Å²) in [6.07, 6.45) is 3.19. The van der Waals surface area contributed by atoms with Gasteiger partial charge in [0.25, 0.3) is 5.91 Å². The van der Waals surface area contributed by atoms with Crippen LogP contribution in [0.25, 0.3) is 6.08 Å². The Morgan fingerprint density at radius 3 is 2.86 bits per heavy atom. The van der Waals surface area contributed by atoms with E-state index in [1.807, 2.05) is 0 Å². The fourth-order valence-electron chi connectivity index (χ4n) is 2.56. The summed E-state index contributed by atoms with van der Waals surface area (Å²) in [5.74, 6) is -0.239. The number of rotatable bonds is 7. The molecule has 0 spiro atoms. The number of carbonyl (C=O) groups is 3. The molecule has 2 heterocycles. The minimum absolute atomic E-state index is 0.00309. The second-order valence-corrected chi connectivity index (χ2v) is 5.81. The summed E-state index contributed by atoms with van der Waals surface area (Å²) in [4.78, 5) is 37.2. The Labute approximate surface area is 161 Å². The summed E-state index contributed by atoms with van der Waals surface area (Å²) in [5, 5.41) is 2.53. The highest BCUT2D eigenvalue weighted by atomic mass is 16.5. The number of nitrogens with zero attached hydrogens (tertiary/aromatic N) is 1. The number of imide groups is 1. The summed E-state index contributed by atoms with van der Waals surface area (Å²) in [7, 11) is 1.23. The standard InChI is InChI=1S/C20H18N2O6/c1-3-9-27-14-6-4-5-13(10-14)11-16-18(23)22(20(25)21-16)12-15-7-8-17(28-15)19(24)26-2/h3-8,10-11H,1,9,12H2,2H3,(H,21,25)/b16-11-. The van der Waals surface area contributed by atoms with Gasteiger partial charge in [0.15, 0.2) is 0 Å².